The SMILES string of the molecule is CNc1nc(SC)ncc1CN.O=C(c1ccccc1)c1ccc(F)c([N+](=O)[O-])c1. The van der Waals surface area contributed by atoms with Crippen molar-refractivity contribution in [3.8, 4) is 0 Å². The second kappa shape index (κ2) is 11.0. The average molecular weight is 429 g/mol. The van der Waals surface area contributed by atoms with E-state index in [1.165, 1.54) is 17.8 Å². The number of nitro benzene ring substituents is 1. The van der Waals surface area contributed by atoms with Crippen molar-refractivity contribution in [3.63, 3.8) is 0 Å². The number of halogens is 1. The molecule has 0 aliphatic carbocycles. The molecule has 0 bridgehead atoms. The van der Waals surface area contributed by atoms with E-state index in [2.05, 4.69) is 15.3 Å². The number of carbonyl (C=O) groups excluding carboxylic acids is 1. The number of benzene rings is 2. The fraction of sp³-hybridized carbons (Fsp3) is 0.150. The van der Waals surface area contributed by atoms with Crippen LogP contribution in [-0.4, -0.2) is 34.0 Å². The van der Waals surface area contributed by atoms with Gasteiger partial charge in [0.2, 0.25) is 5.82 Å². The molecule has 3 rings (SSSR count). The van der Waals surface area contributed by atoms with Gasteiger partial charge in [-0.2, -0.15) is 4.39 Å². The standard InChI is InChI=1S/C13H8FNO3.C7H12N4S/c14-11-7-6-10(8-12(11)15(17)18)13(16)9-4-2-1-3-5-9;1-9-6-5(3-8)4-10-7(11-6)12-2/h1-8H;4H,3,8H2,1-2H3,(H,9,10,11). The molecule has 10 heteroatoms. The summed E-state index contributed by atoms with van der Waals surface area (Å²) < 4.78 is 13.1. The number of hydrogen-bond donors (Lipinski definition) is 2. The summed E-state index contributed by atoms with van der Waals surface area (Å²) in [4.78, 5) is 30.1. The van der Waals surface area contributed by atoms with Crippen LogP contribution < -0.4 is 11.1 Å². The van der Waals surface area contributed by atoms with Crippen LogP contribution >= 0.6 is 11.8 Å². The third-order valence-electron chi connectivity index (χ3n) is 3.92. The zero-order valence-corrected chi connectivity index (χ0v) is 17.1. The molecular formula is C20H20FN5O3S. The number of nitrogens with two attached hydrogens (primary N) is 1. The molecule has 0 aliphatic rings. The fourth-order valence-corrected chi connectivity index (χ4v) is 2.75. The van der Waals surface area contributed by atoms with Crippen LogP contribution in [0.2, 0.25) is 0 Å². The third-order valence-corrected chi connectivity index (χ3v) is 4.48. The van der Waals surface area contributed by atoms with E-state index in [1.54, 1.807) is 36.5 Å². The Morgan fingerprint density at radius 3 is 2.50 bits per heavy atom. The number of nitrogens with one attached hydrogen (secondary N) is 1. The van der Waals surface area contributed by atoms with Gasteiger partial charge in [0.1, 0.15) is 5.82 Å². The molecule has 0 fully saturated rings. The largest absolute Gasteiger partial charge is 0.373 e. The zero-order valence-electron chi connectivity index (χ0n) is 16.3. The summed E-state index contributed by atoms with van der Waals surface area (Å²) in [6, 6.07) is 11.4. The Morgan fingerprint density at radius 1 is 1.23 bits per heavy atom. The molecule has 0 amide bonds. The van der Waals surface area contributed by atoms with Gasteiger partial charge in [-0.15, -0.1) is 0 Å². The lowest BCUT2D eigenvalue weighted by Gasteiger charge is -2.05. The van der Waals surface area contributed by atoms with E-state index < -0.39 is 16.4 Å². The number of hydrogen-bond acceptors (Lipinski definition) is 8. The van der Waals surface area contributed by atoms with Crippen molar-refractivity contribution in [1.82, 2.24) is 9.97 Å². The molecule has 1 aromatic heterocycles. The first kappa shape index (κ1) is 22.9. The predicted molar refractivity (Wildman–Crippen MR) is 114 cm³/mol. The summed E-state index contributed by atoms with van der Waals surface area (Å²) in [6.07, 6.45) is 3.70. The van der Waals surface area contributed by atoms with Crippen LogP contribution in [0.3, 0.4) is 0 Å². The molecule has 0 radical (unpaired) electrons. The van der Waals surface area contributed by atoms with E-state index in [0.29, 0.717) is 12.1 Å². The molecule has 0 saturated carbocycles. The van der Waals surface area contributed by atoms with E-state index in [9.17, 15) is 19.3 Å². The maximum Gasteiger partial charge on any atom is 0.305 e. The van der Waals surface area contributed by atoms with Gasteiger partial charge >= 0.3 is 5.69 Å². The Bertz CT molecular complexity index is 1030. The topological polar surface area (TPSA) is 124 Å². The number of ketones is 1. The van der Waals surface area contributed by atoms with Crippen LogP contribution in [-0.2, 0) is 6.54 Å². The molecular weight excluding hydrogens is 409 g/mol. The first-order chi connectivity index (χ1) is 14.4. The molecule has 0 spiro atoms. The van der Waals surface area contributed by atoms with Gasteiger partial charge in [-0.3, -0.25) is 14.9 Å². The van der Waals surface area contributed by atoms with Crippen LogP contribution in [0.15, 0.2) is 59.9 Å². The zero-order chi connectivity index (χ0) is 22.1. The Kier molecular flexibility index (Phi) is 8.39. The summed E-state index contributed by atoms with van der Waals surface area (Å²) in [7, 11) is 1.82. The monoisotopic (exact) mass is 429 g/mol. The number of aromatic nitrogens is 2. The van der Waals surface area contributed by atoms with Crippen molar-refractivity contribution in [2.75, 3.05) is 18.6 Å². The molecule has 0 aliphatic heterocycles. The van der Waals surface area contributed by atoms with E-state index in [4.69, 9.17) is 5.73 Å². The van der Waals surface area contributed by atoms with Gasteiger partial charge in [0.15, 0.2) is 10.9 Å². The van der Waals surface area contributed by atoms with E-state index >= 15 is 0 Å². The number of nitro groups is 1. The molecule has 0 unspecified atom stereocenters. The molecule has 3 N–H and O–H groups in total. The second-order valence-corrected chi connectivity index (χ2v) is 6.58. The van der Waals surface area contributed by atoms with Crippen LogP contribution in [0.25, 0.3) is 0 Å². The van der Waals surface area contributed by atoms with Gasteiger partial charge in [-0.25, -0.2) is 9.97 Å². The van der Waals surface area contributed by atoms with Crippen LogP contribution in [0, 0.1) is 15.9 Å². The van der Waals surface area contributed by atoms with Gasteiger partial charge in [0.25, 0.3) is 0 Å². The molecule has 2 aromatic carbocycles. The molecule has 0 atom stereocenters. The van der Waals surface area contributed by atoms with Gasteiger partial charge in [0.05, 0.1) is 4.92 Å². The molecule has 1 heterocycles. The maximum absolute atomic E-state index is 13.1. The van der Waals surface area contributed by atoms with Gasteiger partial charge in [-0.05, 0) is 18.4 Å². The molecule has 3 aromatic rings. The summed E-state index contributed by atoms with van der Waals surface area (Å²) >= 11 is 1.51. The minimum atomic E-state index is -0.954. The van der Waals surface area contributed by atoms with E-state index in [-0.39, 0.29) is 11.3 Å². The van der Waals surface area contributed by atoms with E-state index in [0.717, 1.165) is 28.7 Å². The number of carbonyl (C=O) groups is 1. The number of nitrogens with zero attached hydrogens (tertiary/aromatic N) is 3. The van der Waals surface area contributed by atoms with Crippen molar-refractivity contribution in [1.29, 1.82) is 0 Å². The quantitative estimate of drug-likeness (QED) is 0.200. The average Bonchev–Trinajstić information content (AvgIpc) is 2.79. The summed E-state index contributed by atoms with van der Waals surface area (Å²) in [5.74, 6) is -0.514. The summed E-state index contributed by atoms with van der Waals surface area (Å²) in [5.41, 5.74) is 6.23. The van der Waals surface area contributed by atoms with Gasteiger partial charge in [-0.1, -0.05) is 42.1 Å². The van der Waals surface area contributed by atoms with Crippen molar-refractivity contribution < 1.29 is 14.1 Å². The second-order valence-electron chi connectivity index (χ2n) is 5.80. The normalized spacial score (nSPS) is 10.0. The number of anilines is 1. The van der Waals surface area contributed by atoms with Crippen molar-refractivity contribution >= 4 is 29.1 Å². The maximum atomic E-state index is 13.1. The number of thioether (sulfide) groups is 1. The molecule has 156 valence electrons. The summed E-state index contributed by atoms with van der Waals surface area (Å²) in [6.45, 7) is 0.463. The van der Waals surface area contributed by atoms with Crippen LogP contribution in [0.1, 0.15) is 21.5 Å². The Hall–Kier alpha value is -3.37. The smallest absolute Gasteiger partial charge is 0.305 e. The Balaban J connectivity index is 0.000000232. The lowest BCUT2D eigenvalue weighted by molar-refractivity contribution is -0.387. The van der Waals surface area contributed by atoms with Crippen molar-refractivity contribution in [3.05, 3.63) is 87.3 Å². The van der Waals surface area contributed by atoms with Crippen molar-refractivity contribution in [2.45, 2.75) is 11.7 Å². The predicted octanol–water partition coefficient (Wildman–Crippen LogP) is 3.66. The van der Waals surface area contributed by atoms with Crippen LogP contribution in [0.5, 0.6) is 0 Å². The minimum absolute atomic E-state index is 0.0919. The Morgan fingerprint density at radius 2 is 1.93 bits per heavy atom. The van der Waals surface area contributed by atoms with E-state index in [1.807, 2.05) is 13.3 Å². The van der Waals surface area contributed by atoms with Crippen molar-refractivity contribution in [2.24, 2.45) is 5.73 Å². The molecule has 0 saturated heterocycles. The highest BCUT2D eigenvalue weighted by molar-refractivity contribution is 7.98. The molecule has 8 nitrogen and oxygen atoms in total. The lowest BCUT2D eigenvalue weighted by atomic mass is 10.0. The highest BCUT2D eigenvalue weighted by Gasteiger charge is 2.18. The fourth-order valence-electron chi connectivity index (χ4n) is 2.40. The minimum Gasteiger partial charge on any atom is -0.373 e. The third kappa shape index (κ3) is 5.82. The van der Waals surface area contributed by atoms with Crippen LogP contribution in [0.4, 0.5) is 15.9 Å². The van der Waals surface area contributed by atoms with Gasteiger partial charge < -0.3 is 11.1 Å². The lowest BCUT2D eigenvalue weighted by Crippen LogP contribution is -2.05. The highest BCUT2D eigenvalue weighted by Crippen LogP contribution is 2.20. The first-order valence-electron chi connectivity index (χ1n) is 8.72. The van der Waals surface area contributed by atoms with Gasteiger partial charge in [0, 0.05) is 42.5 Å². The molecule has 30 heavy (non-hydrogen) atoms. The summed E-state index contributed by atoms with van der Waals surface area (Å²) in [5, 5.41) is 14.3. The number of rotatable bonds is 6. The first-order valence-corrected chi connectivity index (χ1v) is 9.95. The highest BCUT2D eigenvalue weighted by atomic mass is 32.2. The Labute approximate surface area is 176 Å².